The molecule has 188 valence electrons. The molecule has 0 saturated heterocycles. The predicted octanol–water partition coefficient (Wildman–Crippen LogP) is 4.82. The monoisotopic (exact) mass is 504 g/mol. The number of unbranched alkanes of at least 4 members (excludes halogenated alkanes) is 1. The summed E-state index contributed by atoms with van der Waals surface area (Å²) in [7, 11) is 0. The van der Waals surface area contributed by atoms with E-state index in [0.29, 0.717) is 46.0 Å². The van der Waals surface area contributed by atoms with Crippen molar-refractivity contribution >= 4 is 34.1 Å². The number of aryl methyl sites for hydroxylation is 1. The highest BCUT2D eigenvalue weighted by Gasteiger charge is 2.17. The molecular formula is C28H24N8O2. The molecule has 0 aliphatic carbocycles. The Morgan fingerprint density at radius 2 is 1.79 bits per heavy atom. The normalized spacial score (nSPS) is 10.7. The maximum absolute atomic E-state index is 13.1. The van der Waals surface area contributed by atoms with E-state index in [0.717, 1.165) is 24.6 Å². The van der Waals surface area contributed by atoms with E-state index in [-0.39, 0.29) is 5.91 Å². The highest BCUT2D eigenvalue weighted by atomic mass is 16.2. The Labute approximate surface area is 218 Å². The van der Waals surface area contributed by atoms with Crippen molar-refractivity contribution in [3.63, 3.8) is 0 Å². The van der Waals surface area contributed by atoms with Crippen molar-refractivity contribution in [1.29, 1.82) is 5.26 Å². The molecule has 2 aromatic heterocycles. The van der Waals surface area contributed by atoms with Gasteiger partial charge in [-0.25, -0.2) is 5.10 Å². The van der Waals surface area contributed by atoms with E-state index >= 15 is 0 Å². The highest BCUT2D eigenvalue weighted by Crippen LogP contribution is 2.28. The zero-order chi connectivity index (χ0) is 26.3. The first kappa shape index (κ1) is 24.4. The first-order chi connectivity index (χ1) is 18.6. The third-order valence-electron chi connectivity index (χ3n) is 6.13. The third-order valence-corrected chi connectivity index (χ3v) is 6.13. The smallest absolute Gasteiger partial charge is 0.272 e. The van der Waals surface area contributed by atoms with Gasteiger partial charge in [0.2, 0.25) is 5.91 Å². The van der Waals surface area contributed by atoms with Crippen LogP contribution in [0.2, 0.25) is 0 Å². The molecule has 0 fully saturated rings. The average molecular weight is 505 g/mol. The summed E-state index contributed by atoms with van der Waals surface area (Å²) in [5.41, 5.74) is 4.18. The van der Waals surface area contributed by atoms with Gasteiger partial charge in [-0.15, -0.1) is 5.10 Å². The van der Waals surface area contributed by atoms with Crippen LogP contribution in [-0.2, 0) is 11.2 Å². The molecule has 0 spiro atoms. The standard InChI is InChI=1S/C28H24N8O2/c29-17-19-13-14-22(21(15-19)27-33-35-36-34-27)32-28(38)24-16-20-10-6-11-23(26(20)31-24)30-25(37)12-5-4-9-18-7-2-1-3-8-18/h1-3,6-8,10-11,13-16,31H,4-5,9,12H2,(H,30,37)(H,32,38)(H,33,34,35,36). The van der Waals surface area contributed by atoms with Crippen LogP contribution < -0.4 is 10.6 Å². The highest BCUT2D eigenvalue weighted by molar-refractivity contribution is 6.09. The zero-order valence-electron chi connectivity index (χ0n) is 20.4. The Bertz CT molecular complexity index is 1620. The molecule has 0 aliphatic rings. The number of fused-ring (bicyclic) bond motifs is 1. The lowest BCUT2D eigenvalue weighted by Gasteiger charge is -2.09. The predicted molar refractivity (Wildman–Crippen MR) is 143 cm³/mol. The molecule has 2 heterocycles. The number of carbonyl (C=O) groups excluding carboxylic acids is 2. The summed E-state index contributed by atoms with van der Waals surface area (Å²) in [6, 6.07) is 24.3. The molecule has 0 aliphatic heterocycles. The van der Waals surface area contributed by atoms with Gasteiger partial charge in [0.1, 0.15) is 5.69 Å². The van der Waals surface area contributed by atoms with Crippen LogP contribution in [0.15, 0.2) is 72.8 Å². The van der Waals surface area contributed by atoms with Crippen molar-refractivity contribution in [3.05, 3.63) is 89.6 Å². The van der Waals surface area contributed by atoms with Gasteiger partial charge in [0, 0.05) is 17.4 Å². The van der Waals surface area contributed by atoms with Gasteiger partial charge in [-0.1, -0.05) is 42.5 Å². The van der Waals surface area contributed by atoms with Crippen molar-refractivity contribution in [2.45, 2.75) is 25.7 Å². The number of hydrogen-bond acceptors (Lipinski definition) is 6. The van der Waals surface area contributed by atoms with E-state index in [1.807, 2.05) is 30.3 Å². The molecule has 10 heteroatoms. The number of benzene rings is 3. The molecule has 4 N–H and O–H groups in total. The fourth-order valence-corrected chi connectivity index (χ4v) is 4.24. The number of nitrogens with one attached hydrogen (secondary N) is 4. The van der Waals surface area contributed by atoms with Crippen LogP contribution in [-0.4, -0.2) is 37.4 Å². The Kier molecular flexibility index (Phi) is 7.18. The number of nitriles is 1. The second-order valence-corrected chi connectivity index (χ2v) is 8.77. The van der Waals surface area contributed by atoms with Crippen molar-refractivity contribution in [2.24, 2.45) is 0 Å². The number of aromatic nitrogens is 5. The maximum atomic E-state index is 13.1. The summed E-state index contributed by atoms with van der Waals surface area (Å²) in [6.07, 6.45) is 3.06. The van der Waals surface area contributed by atoms with Gasteiger partial charge in [0.05, 0.1) is 28.5 Å². The minimum atomic E-state index is -0.391. The number of anilines is 2. The lowest BCUT2D eigenvalue weighted by atomic mass is 10.1. The summed E-state index contributed by atoms with van der Waals surface area (Å²) >= 11 is 0. The minimum absolute atomic E-state index is 0.0749. The zero-order valence-corrected chi connectivity index (χ0v) is 20.4. The summed E-state index contributed by atoms with van der Waals surface area (Å²) in [5, 5.41) is 29.6. The van der Waals surface area contributed by atoms with Crippen molar-refractivity contribution < 1.29 is 9.59 Å². The summed E-state index contributed by atoms with van der Waals surface area (Å²) in [6.45, 7) is 0. The van der Waals surface area contributed by atoms with Crippen molar-refractivity contribution in [3.8, 4) is 17.5 Å². The lowest BCUT2D eigenvalue weighted by molar-refractivity contribution is -0.116. The molecule has 0 radical (unpaired) electrons. The number of nitrogens with zero attached hydrogens (tertiary/aromatic N) is 4. The Hall–Kier alpha value is -5.30. The minimum Gasteiger partial charge on any atom is -0.349 e. The van der Waals surface area contributed by atoms with E-state index in [9.17, 15) is 14.9 Å². The first-order valence-corrected chi connectivity index (χ1v) is 12.2. The molecule has 0 unspecified atom stereocenters. The largest absolute Gasteiger partial charge is 0.349 e. The number of amides is 2. The van der Waals surface area contributed by atoms with Crippen LogP contribution in [0, 0.1) is 11.3 Å². The molecule has 0 bridgehead atoms. The Morgan fingerprint density at radius 1 is 0.921 bits per heavy atom. The number of tetrazole rings is 1. The van der Waals surface area contributed by atoms with Gasteiger partial charge in [0.25, 0.3) is 5.91 Å². The topological polar surface area (TPSA) is 152 Å². The molecule has 5 rings (SSSR count). The fraction of sp³-hybridized carbons (Fsp3) is 0.143. The van der Waals surface area contributed by atoms with E-state index in [2.05, 4.69) is 54.4 Å². The number of para-hydroxylation sites is 1. The fourth-order valence-electron chi connectivity index (χ4n) is 4.24. The van der Waals surface area contributed by atoms with Gasteiger partial charge >= 0.3 is 0 Å². The van der Waals surface area contributed by atoms with Crippen LogP contribution >= 0.6 is 0 Å². The summed E-state index contributed by atoms with van der Waals surface area (Å²) in [5.74, 6) is -0.144. The summed E-state index contributed by atoms with van der Waals surface area (Å²) in [4.78, 5) is 28.9. The van der Waals surface area contributed by atoms with Gasteiger partial charge in [-0.2, -0.15) is 5.26 Å². The van der Waals surface area contributed by atoms with Crippen LogP contribution in [0.1, 0.15) is 40.9 Å². The van der Waals surface area contributed by atoms with Crippen LogP contribution in [0.25, 0.3) is 22.3 Å². The number of H-pyrrole nitrogens is 2. The maximum Gasteiger partial charge on any atom is 0.272 e. The first-order valence-electron chi connectivity index (χ1n) is 12.2. The molecule has 10 nitrogen and oxygen atoms in total. The number of carbonyl (C=O) groups is 2. The van der Waals surface area contributed by atoms with Gasteiger partial charge < -0.3 is 15.6 Å². The second-order valence-electron chi connectivity index (χ2n) is 8.77. The average Bonchev–Trinajstić information content (AvgIpc) is 3.63. The quantitative estimate of drug-likeness (QED) is 0.211. The van der Waals surface area contributed by atoms with Crippen LogP contribution in [0.5, 0.6) is 0 Å². The number of hydrogen-bond donors (Lipinski definition) is 4. The van der Waals surface area contributed by atoms with Crippen LogP contribution in [0.3, 0.4) is 0 Å². The molecule has 0 atom stereocenters. The van der Waals surface area contributed by atoms with Crippen molar-refractivity contribution in [1.82, 2.24) is 25.6 Å². The van der Waals surface area contributed by atoms with Gasteiger partial charge in [-0.3, -0.25) is 9.59 Å². The van der Waals surface area contributed by atoms with Crippen LogP contribution in [0.4, 0.5) is 11.4 Å². The SMILES string of the molecule is N#Cc1ccc(NC(=O)c2cc3cccc(NC(=O)CCCCc4ccccc4)c3[nH]2)c(-c2nnn[nH]2)c1. The second kappa shape index (κ2) is 11.2. The molecular weight excluding hydrogens is 480 g/mol. The number of rotatable bonds is 9. The summed E-state index contributed by atoms with van der Waals surface area (Å²) < 4.78 is 0. The molecule has 3 aromatic carbocycles. The third kappa shape index (κ3) is 5.57. The van der Waals surface area contributed by atoms with Gasteiger partial charge in [-0.05, 0) is 65.6 Å². The molecule has 38 heavy (non-hydrogen) atoms. The van der Waals surface area contributed by atoms with E-state index in [1.165, 1.54) is 5.56 Å². The van der Waals surface area contributed by atoms with E-state index in [4.69, 9.17) is 0 Å². The molecule has 0 saturated carbocycles. The van der Waals surface area contributed by atoms with Gasteiger partial charge in [0.15, 0.2) is 5.82 Å². The van der Waals surface area contributed by atoms with E-state index < -0.39 is 5.91 Å². The Balaban J connectivity index is 1.27. The van der Waals surface area contributed by atoms with E-state index in [1.54, 1.807) is 30.3 Å². The molecule has 5 aromatic rings. The van der Waals surface area contributed by atoms with Crippen molar-refractivity contribution in [2.75, 3.05) is 10.6 Å². The Morgan fingerprint density at radius 3 is 2.58 bits per heavy atom. The molecule has 2 amide bonds. The lowest BCUT2D eigenvalue weighted by Crippen LogP contribution is -2.13. The number of aromatic amines is 2.